The molecule has 1 N–H and O–H groups in total. The van der Waals surface area contributed by atoms with Crippen LogP contribution in [0.5, 0.6) is 0 Å². The number of benzene rings is 2. The highest BCUT2D eigenvalue weighted by atomic mass is 35.5. The lowest BCUT2D eigenvalue weighted by molar-refractivity contribution is 0.256. The van der Waals surface area contributed by atoms with Gasteiger partial charge >= 0.3 is 6.03 Å². The van der Waals surface area contributed by atoms with Gasteiger partial charge in [0.15, 0.2) is 0 Å². The largest absolute Gasteiger partial charge is 0.329 e. The van der Waals surface area contributed by atoms with Gasteiger partial charge in [-0.1, -0.05) is 30.2 Å². The molecule has 0 fully saturated rings. The smallest absolute Gasteiger partial charge is 0.307 e. The zero-order chi connectivity index (χ0) is 20.2. The number of carbonyl (C=O) groups excluding carboxylic acids is 1. The van der Waals surface area contributed by atoms with Gasteiger partial charge in [-0.15, -0.1) is 10.2 Å². The van der Waals surface area contributed by atoms with Gasteiger partial charge in [0, 0.05) is 23.7 Å². The van der Waals surface area contributed by atoms with E-state index in [1.807, 2.05) is 4.57 Å². The lowest BCUT2D eigenvalue weighted by Crippen LogP contribution is -2.36. The third-order valence-electron chi connectivity index (χ3n) is 4.93. The van der Waals surface area contributed by atoms with Gasteiger partial charge < -0.3 is 5.32 Å². The highest BCUT2D eigenvalue weighted by Crippen LogP contribution is 2.23. The van der Waals surface area contributed by atoms with Crippen LogP contribution in [0.15, 0.2) is 48.5 Å². The van der Waals surface area contributed by atoms with Gasteiger partial charge in [-0.25, -0.2) is 9.18 Å². The van der Waals surface area contributed by atoms with Crippen molar-refractivity contribution >= 4 is 29.3 Å². The van der Waals surface area contributed by atoms with E-state index in [0.717, 1.165) is 43.6 Å². The Balaban J connectivity index is 1.65. The van der Waals surface area contributed by atoms with Gasteiger partial charge in [0.25, 0.3) is 0 Å². The number of nitrogens with zero attached hydrogens (tertiary/aromatic N) is 4. The number of carbonyl (C=O) groups is 1. The average molecular weight is 414 g/mol. The quantitative estimate of drug-likeness (QED) is 0.652. The zero-order valence-corrected chi connectivity index (χ0v) is 16.6. The number of halogens is 2. The molecule has 0 unspecified atom stereocenters. The number of rotatable bonds is 4. The van der Waals surface area contributed by atoms with Crippen molar-refractivity contribution in [3.8, 4) is 0 Å². The molecule has 0 aliphatic carbocycles. The molecule has 0 spiro atoms. The molecule has 1 aromatic heterocycles. The molecule has 2 amide bonds. The van der Waals surface area contributed by atoms with Gasteiger partial charge in [-0.3, -0.25) is 9.47 Å². The summed E-state index contributed by atoms with van der Waals surface area (Å²) in [4.78, 5) is 14.7. The molecule has 29 heavy (non-hydrogen) atoms. The number of hydrogen-bond donors (Lipinski definition) is 1. The molecule has 2 aromatic carbocycles. The second-order valence-electron chi connectivity index (χ2n) is 7.03. The molecule has 0 saturated carbocycles. The predicted molar refractivity (Wildman–Crippen MR) is 111 cm³/mol. The Bertz CT molecular complexity index is 987. The summed E-state index contributed by atoms with van der Waals surface area (Å²) in [6.07, 6.45) is 4.04. The van der Waals surface area contributed by atoms with Crippen molar-refractivity contribution in [2.75, 3.05) is 10.2 Å². The van der Waals surface area contributed by atoms with Crippen LogP contribution in [-0.2, 0) is 19.5 Å². The Morgan fingerprint density at radius 3 is 2.59 bits per heavy atom. The Kier molecular flexibility index (Phi) is 5.76. The van der Waals surface area contributed by atoms with Crippen LogP contribution in [0.4, 0.5) is 20.8 Å². The van der Waals surface area contributed by atoms with Crippen LogP contribution in [0.25, 0.3) is 0 Å². The molecule has 150 valence electrons. The van der Waals surface area contributed by atoms with Gasteiger partial charge in [0.2, 0.25) is 5.95 Å². The van der Waals surface area contributed by atoms with Crippen LogP contribution in [0.1, 0.15) is 30.7 Å². The minimum atomic E-state index is -0.337. The molecular formula is C21H21ClFN5O. The number of amides is 2. The summed E-state index contributed by atoms with van der Waals surface area (Å²) in [5.41, 5.74) is 1.42. The highest BCUT2D eigenvalue weighted by Gasteiger charge is 2.25. The minimum absolute atomic E-state index is 0.248. The minimum Gasteiger partial charge on any atom is -0.307 e. The SMILES string of the molecule is O=C(Nc1ccc(Cl)cc1)N(Cc1ccc(F)cc1)c1nnc2n1CCCCC2. The van der Waals surface area contributed by atoms with Crippen molar-refractivity contribution in [1.29, 1.82) is 0 Å². The van der Waals surface area contributed by atoms with E-state index in [1.165, 1.54) is 12.1 Å². The molecule has 0 saturated heterocycles. The second kappa shape index (κ2) is 8.61. The van der Waals surface area contributed by atoms with Crippen molar-refractivity contribution in [3.05, 3.63) is 70.8 Å². The molecular weight excluding hydrogens is 393 g/mol. The summed E-state index contributed by atoms with van der Waals surface area (Å²) in [6.45, 7) is 1.02. The molecule has 0 radical (unpaired) electrons. The first kappa shape index (κ1) is 19.4. The van der Waals surface area contributed by atoms with Gasteiger partial charge in [-0.2, -0.15) is 0 Å². The zero-order valence-electron chi connectivity index (χ0n) is 15.8. The normalized spacial score (nSPS) is 13.4. The fraction of sp³-hybridized carbons (Fsp3) is 0.286. The maximum atomic E-state index is 13.3. The van der Waals surface area contributed by atoms with Crippen LogP contribution in [-0.4, -0.2) is 20.8 Å². The summed E-state index contributed by atoms with van der Waals surface area (Å²) < 4.78 is 15.3. The van der Waals surface area contributed by atoms with Gasteiger partial charge in [-0.05, 0) is 54.8 Å². The number of aryl methyl sites for hydroxylation is 1. The fourth-order valence-corrected chi connectivity index (χ4v) is 3.53. The summed E-state index contributed by atoms with van der Waals surface area (Å²) in [7, 11) is 0. The van der Waals surface area contributed by atoms with Crippen molar-refractivity contribution in [1.82, 2.24) is 14.8 Å². The van der Waals surface area contributed by atoms with E-state index in [9.17, 15) is 9.18 Å². The lowest BCUT2D eigenvalue weighted by atomic mass is 10.2. The number of fused-ring (bicyclic) bond motifs is 1. The highest BCUT2D eigenvalue weighted by molar-refractivity contribution is 6.30. The first-order chi connectivity index (χ1) is 14.1. The monoisotopic (exact) mass is 413 g/mol. The van der Waals surface area contributed by atoms with E-state index < -0.39 is 0 Å². The molecule has 6 nitrogen and oxygen atoms in total. The Hall–Kier alpha value is -2.93. The maximum absolute atomic E-state index is 13.3. The first-order valence-corrected chi connectivity index (χ1v) is 9.98. The maximum Gasteiger partial charge on any atom is 0.329 e. The average Bonchev–Trinajstić information content (AvgIpc) is 2.96. The number of anilines is 2. The molecule has 8 heteroatoms. The number of urea groups is 1. The molecule has 3 aromatic rings. The summed E-state index contributed by atoms with van der Waals surface area (Å²) >= 11 is 5.93. The molecule has 1 aliphatic heterocycles. The molecule has 0 atom stereocenters. The van der Waals surface area contributed by atoms with Crippen LogP contribution in [0.2, 0.25) is 5.02 Å². The van der Waals surface area contributed by atoms with Crippen LogP contribution < -0.4 is 10.2 Å². The Morgan fingerprint density at radius 2 is 1.83 bits per heavy atom. The lowest BCUT2D eigenvalue weighted by Gasteiger charge is -2.23. The number of aromatic nitrogens is 3. The van der Waals surface area contributed by atoms with Crippen LogP contribution >= 0.6 is 11.6 Å². The van der Waals surface area contributed by atoms with E-state index in [1.54, 1.807) is 41.3 Å². The molecule has 0 bridgehead atoms. The van der Waals surface area contributed by atoms with Gasteiger partial charge in [0.05, 0.1) is 6.54 Å². The van der Waals surface area contributed by atoms with E-state index in [0.29, 0.717) is 16.7 Å². The van der Waals surface area contributed by atoms with Crippen LogP contribution in [0, 0.1) is 5.82 Å². The predicted octanol–water partition coefficient (Wildman–Crippen LogP) is 5.04. The van der Waals surface area contributed by atoms with Crippen molar-refractivity contribution in [2.24, 2.45) is 0 Å². The number of nitrogens with one attached hydrogen (secondary N) is 1. The third-order valence-corrected chi connectivity index (χ3v) is 5.18. The summed E-state index contributed by atoms with van der Waals surface area (Å²) in [6, 6.07) is 12.7. The Labute approximate surface area is 173 Å². The van der Waals surface area contributed by atoms with Crippen molar-refractivity contribution in [2.45, 2.75) is 38.8 Å². The Morgan fingerprint density at radius 1 is 1.07 bits per heavy atom. The van der Waals surface area contributed by atoms with E-state index in [4.69, 9.17) is 11.6 Å². The number of hydrogen-bond acceptors (Lipinski definition) is 3. The van der Waals surface area contributed by atoms with E-state index in [2.05, 4.69) is 15.5 Å². The first-order valence-electron chi connectivity index (χ1n) is 9.61. The fourth-order valence-electron chi connectivity index (χ4n) is 3.40. The summed E-state index contributed by atoms with van der Waals surface area (Å²) in [5, 5.41) is 12.1. The van der Waals surface area contributed by atoms with Crippen LogP contribution in [0.3, 0.4) is 0 Å². The second-order valence-corrected chi connectivity index (χ2v) is 7.46. The van der Waals surface area contributed by atoms with E-state index >= 15 is 0 Å². The van der Waals surface area contributed by atoms with Crippen molar-refractivity contribution < 1.29 is 9.18 Å². The van der Waals surface area contributed by atoms with E-state index in [-0.39, 0.29) is 18.4 Å². The molecule has 2 heterocycles. The summed E-state index contributed by atoms with van der Waals surface area (Å²) in [5.74, 6) is 1.07. The van der Waals surface area contributed by atoms with Crippen molar-refractivity contribution in [3.63, 3.8) is 0 Å². The van der Waals surface area contributed by atoms with Gasteiger partial charge in [0.1, 0.15) is 11.6 Å². The molecule has 1 aliphatic rings. The topological polar surface area (TPSA) is 63.1 Å². The third kappa shape index (κ3) is 4.56. The molecule has 4 rings (SSSR count). The standard InChI is InChI=1S/C21H21ClFN5O/c22-16-7-11-18(12-8-16)24-21(29)28(14-15-5-9-17(23)10-6-15)20-26-25-19-4-2-1-3-13-27(19)20/h5-12H,1-4,13-14H2,(H,24,29).